The molecule has 0 saturated carbocycles. The number of hydrogen-bond acceptors (Lipinski definition) is 2. The molecule has 72 valence electrons. The van der Waals surface area contributed by atoms with Gasteiger partial charge >= 0.3 is 6.36 Å². The van der Waals surface area contributed by atoms with Gasteiger partial charge in [0, 0.05) is 0 Å². The summed E-state index contributed by atoms with van der Waals surface area (Å²) < 4.78 is 38.5. The number of alkyl halides is 3. The number of hydrogen-bond donors (Lipinski definition) is 0. The Hall–Kier alpha value is -1.23. The van der Waals surface area contributed by atoms with Crippen LogP contribution in [0.3, 0.4) is 0 Å². The molecule has 2 nitrogen and oxygen atoms in total. The Bertz CT molecular complexity index is 266. The fourth-order valence-electron chi connectivity index (χ4n) is 0.787. The number of halogens is 3. The van der Waals surface area contributed by atoms with Crippen LogP contribution in [-0.2, 0) is 6.61 Å². The van der Waals surface area contributed by atoms with E-state index < -0.39 is 13.0 Å². The van der Waals surface area contributed by atoms with Gasteiger partial charge in [-0.05, 0) is 12.1 Å². The van der Waals surface area contributed by atoms with Crippen LogP contribution in [0, 0.1) is 0 Å². The molecule has 0 bridgehead atoms. The maximum Gasteiger partial charge on any atom is 0.573 e. The van der Waals surface area contributed by atoms with Crippen LogP contribution in [0.5, 0.6) is 5.75 Å². The highest BCUT2D eigenvalue weighted by atomic mass is 19.4. The second-order valence-corrected chi connectivity index (χ2v) is 2.34. The molecule has 1 aromatic rings. The van der Waals surface area contributed by atoms with E-state index in [1.54, 1.807) is 0 Å². The van der Waals surface area contributed by atoms with Crippen molar-refractivity contribution < 1.29 is 23.0 Å². The van der Waals surface area contributed by atoms with Gasteiger partial charge in [0.25, 0.3) is 0 Å². The summed E-state index contributed by atoms with van der Waals surface area (Å²) >= 11 is 0. The number of ether oxygens (including phenoxy) is 1. The first kappa shape index (κ1) is 9.85. The molecule has 0 aliphatic rings. The quantitative estimate of drug-likeness (QED) is 0.708. The van der Waals surface area contributed by atoms with Gasteiger partial charge in [0.05, 0.1) is 0 Å². The van der Waals surface area contributed by atoms with Gasteiger partial charge in [-0.2, -0.15) is 0 Å². The minimum absolute atomic E-state index is 0.315. The van der Waals surface area contributed by atoms with Crippen molar-refractivity contribution in [3.05, 3.63) is 29.8 Å². The molecule has 13 heavy (non-hydrogen) atoms. The zero-order chi connectivity index (χ0) is 9.90. The van der Waals surface area contributed by atoms with E-state index in [0.717, 1.165) is 12.1 Å². The van der Waals surface area contributed by atoms with Crippen molar-refractivity contribution in [3.8, 4) is 5.75 Å². The molecule has 0 spiro atoms. The molecule has 0 unspecified atom stereocenters. The van der Waals surface area contributed by atoms with E-state index in [0.29, 0.717) is 5.56 Å². The van der Waals surface area contributed by atoms with E-state index in [-0.39, 0.29) is 5.75 Å². The molecule has 0 radical (unpaired) electrons. The summed E-state index contributed by atoms with van der Waals surface area (Å²) in [6, 6.07) is 4.82. The molecule has 0 amide bonds. The molecule has 5 heteroatoms. The molecular weight excluding hydrogens is 185 g/mol. The molecule has 0 heterocycles. The summed E-state index contributed by atoms with van der Waals surface area (Å²) in [6.07, 6.45) is -4.68. The Morgan fingerprint density at radius 2 is 1.69 bits per heavy atom. The fraction of sp³-hybridized carbons (Fsp3) is 0.250. The zero-order valence-electron chi connectivity index (χ0n) is 6.47. The highest BCUT2D eigenvalue weighted by Gasteiger charge is 2.30. The monoisotopic (exact) mass is 191 g/mol. The highest BCUT2D eigenvalue weighted by molar-refractivity contribution is 5.26. The van der Waals surface area contributed by atoms with Gasteiger partial charge in [0.15, 0.2) is 0 Å². The van der Waals surface area contributed by atoms with Gasteiger partial charge in [-0.3, -0.25) is 0 Å². The summed E-state index contributed by atoms with van der Waals surface area (Å²) in [5.74, 6) is -0.315. The molecule has 0 saturated heterocycles. The summed E-state index contributed by atoms with van der Waals surface area (Å²) in [4.78, 5) is 0. The lowest BCUT2D eigenvalue weighted by molar-refractivity contribution is -0.386. The Morgan fingerprint density at radius 3 is 2.08 bits per heavy atom. The SMILES string of the molecule is [O-]Cc1ccc(OC(F)(F)F)cc1. The standard InChI is InChI=1S/C8H6F3O2/c9-8(10,11)13-7-3-1-6(5-12)2-4-7/h1-4H,5H2/q-1. The van der Waals surface area contributed by atoms with Crippen LogP contribution in [0.25, 0.3) is 0 Å². The Kier molecular flexibility index (Phi) is 2.77. The van der Waals surface area contributed by atoms with Crippen LogP contribution < -0.4 is 9.84 Å². The minimum atomic E-state index is -4.68. The van der Waals surface area contributed by atoms with Gasteiger partial charge in [-0.15, -0.1) is 19.8 Å². The lowest BCUT2D eigenvalue weighted by Crippen LogP contribution is -2.17. The third-order valence-corrected chi connectivity index (χ3v) is 1.32. The third kappa shape index (κ3) is 3.33. The molecule has 0 aromatic heterocycles. The normalized spacial score (nSPS) is 11.4. The van der Waals surface area contributed by atoms with E-state index in [1.165, 1.54) is 12.1 Å². The van der Waals surface area contributed by atoms with Crippen LogP contribution in [0.2, 0.25) is 0 Å². The first-order chi connectivity index (χ1) is 6.01. The summed E-state index contributed by atoms with van der Waals surface area (Å²) in [7, 11) is 0. The highest BCUT2D eigenvalue weighted by Crippen LogP contribution is 2.22. The van der Waals surface area contributed by atoms with Gasteiger partial charge in [-0.25, -0.2) is 0 Å². The zero-order valence-corrected chi connectivity index (χ0v) is 6.47. The topological polar surface area (TPSA) is 32.3 Å². The van der Waals surface area contributed by atoms with Crippen LogP contribution in [0.1, 0.15) is 5.56 Å². The van der Waals surface area contributed by atoms with Crippen molar-refractivity contribution in [2.75, 3.05) is 0 Å². The third-order valence-electron chi connectivity index (χ3n) is 1.32. The van der Waals surface area contributed by atoms with Crippen LogP contribution >= 0.6 is 0 Å². The molecule has 0 aliphatic carbocycles. The molecule has 1 aromatic carbocycles. The van der Waals surface area contributed by atoms with Crippen molar-refractivity contribution in [1.82, 2.24) is 0 Å². The van der Waals surface area contributed by atoms with E-state index >= 15 is 0 Å². The minimum Gasteiger partial charge on any atom is -0.851 e. The summed E-state index contributed by atoms with van der Waals surface area (Å²) in [6.45, 7) is -0.452. The summed E-state index contributed by atoms with van der Waals surface area (Å²) in [5.41, 5.74) is 0.425. The van der Waals surface area contributed by atoms with E-state index in [9.17, 15) is 18.3 Å². The van der Waals surface area contributed by atoms with Crippen molar-refractivity contribution in [1.29, 1.82) is 0 Å². The second-order valence-electron chi connectivity index (χ2n) is 2.34. The molecule has 0 atom stereocenters. The largest absolute Gasteiger partial charge is 0.851 e. The predicted molar refractivity (Wildman–Crippen MR) is 36.8 cm³/mol. The second kappa shape index (κ2) is 3.66. The number of rotatable bonds is 2. The average molecular weight is 191 g/mol. The fourth-order valence-corrected chi connectivity index (χ4v) is 0.787. The van der Waals surface area contributed by atoms with Crippen molar-refractivity contribution in [2.24, 2.45) is 0 Å². The van der Waals surface area contributed by atoms with Gasteiger partial charge in [-0.1, -0.05) is 17.7 Å². The summed E-state index contributed by atoms with van der Waals surface area (Å²) in [5, 5.41) is 10.3. The lowest BCUT2D eigenvalue weighted by Gasteiger charge is -2.09. The van der Waals surface area contributed by atoms with Gasteiger partial charge < -0.3 is 9.84 Å². The average Bonchev–Trinajstić information content (AvgIpc) is 2.03. The first-order valence-electron chi connectivity index (χ1n) is 3.44. The van der Waals surface area contributed by atoms with E-state index in [4.69, 9.17) is 0 Å². The van der Waals surface area contributed by atoms with Crippen molar-refractivity contribution in [3.63, 3.8) is 0 Å². The van der Waals surface area contributed by atoms with Gasteiger partial charge in [0.1, 0.15) is 5.75 Å². The van der Waals surface area contributed by atoms with Crippen molar-refractivity contribution in [2.45, 2.75) is 13.0 Å². The maximum absolute atomic E-state index is 11.6. The molecular formula is C8H6F3O2-. The van der Waals surface area contributed by atoms with Crippen LogP contribution in [0.4, 0.5) is 13.2 Å². The van der Waals surface area contributed by atoms with Crippen molar-refractivity contribution >= 4 is 0 Å². The lowest BCUT2D eigenvalue weighted by atomic mass is 10.2. The molecule has 0 N–H and O–H groups in total. The van der Waals surface area contributed by atoms with Crippen LogP contribution in [-0.4, -0.2) is 6.36 Å². The van der Waals surface area contributed by atoms with Gasteiger partial charge in [0.2, 0.25) is 0 Å². The Balaban J connectivity index is 2.70. The first-order valence-corrected chi connectivity index (χ1v) is 3.44. The Labute approximate surface area is 72.6 Å². The number of benzene rings is 1. The predicted octanol–water partition coefficient (Wildman–Crippen LogP) is 1.45. The maximum atomic E-state index is 11.6. The molecule has 0 fully saturated rings. The van der Waals surface area contributed by atoms with Crippen LogP contribution in [0.15, 0.2) is 24.3 Å². The molecule has 0 aliphatic heterocycles. The smallest absolute Gasteiger partial charge is 0.573 e. The van der Waals surface area contributed by atoms with E-state index in [1.807, 2.05) is 0 Å². The Morgan fingerprint density at radius 1 is 1.15 bits per heavy atom. The van der Waals surface area contributed by atoms with E-state index in [2.05, 4.69) is 4.74 Å². The molecule has 1 rings (SSSR count).